The van der Waals surface area contributed by atoms with E-state index in [4.69, 9.17) is 4.74 Å². The van der Waals surface area contributed by atoms with Gasteiger partial charge in [0.05, 0.1) is 5.52 Å². The Hall–Kier alpha value is -1.20. The molecular formula is C14H17BrN2O2. The summed E-state index contributed by atoms with van der Waals surface area (Å²) in [5.41, 5.74) is 2.78. The van der Waals surface area contributed by atoms with Gasteiger partial charge in [-0.25, -0.2) is 0 Å². The zero-order valence-corrected chi connectivity index (χ0v) is 13.0. The molecular weight excluding hydrogens is 308 g/mol. The Balaban J connectivity index is 2.50. The zero-order chi connectivity index (χ0) is 14.0. The van der Waals surface area contributed by atoms with Crippen molar-refractivity contribution >= 4 is 32.6 Å². The number of fused-ring (bicyclic) bond motifs is 1. The molecule has 5 heteroatoms. The molecule has 0 spiro atoms. The minimum atomic E-state index is 0.0748. The molecule has 0 saturated heterocycles. The number of carbonyl (C=O) groups is 1. The average Bonchev–Trinajstić information content (AvgIpc) is 2.67. The Kier molecular flexibility index (Phi) is 4.37. The van der Waals surface area contributed by atoms with E-state index in [0.29, 0.717) is 6.61 Å². The minimum absolute atomic E-state index is 0.0748. The predicted molar refractivity (Wildman–Crippen MR) is 78.7 cm³/mol. The van der Waals surface area contributed by atoms with Crippen LogP contribution >= 0.6 is 15.9 Å². The number of nitrogens with zero attached hydrogens (tertiary/aromatic N) is 2. The molecule has 0 radical (unpaired) electrons. The Morgan fingerprint density at radius 3 is 2.84 bits per heavy atom. The van der Waals surface area contributed by atoms with E-state index < -0.39 is 0 Å². The number of halogens is 1. The number of hydrogen-bond acceptors (Lipinski definition) is 3. The van der Waals surface area contributed by atoms with Crippen molar-refractivity contribution in [1.82, 2.24) is 9.78 Å². The highest BCUT2D eigenvalue weighted by Gasteiger charge is 2.13. The number of benzene rings is 1. The Labute approximate surface area is 120 Å². The molecule has 0 aliphatic rings. The van der Waals surface area contributed by atoms with Crippen LogP contribution in [-0.4, -0.2) is 29.3 Å². The first-order valence-electron chi connectivity index (χ1n) is 6.21. The fourth-order valence-corrected chi connectivity index (χ4v) is 2.89. The SMILES string of the molecule is COCCCn1nc(Br)c2c(C)cc(C(C)=O)cc21. The molecule has 1 aromatic heterocycles. The van der Waals surface area contributed by atoms with Gasteiger partial charge in [-0.2, -0.15) is 5.10 Å². The topological polar surface area (TPSA) is 44.1 Å². The van der Waals surface area contributed by atoms with E-state index >= 15 is 0 Å². The van der Waals surface area contributed by atoms with E-state index in [0.717, 1.165) is 39.6 Å². The molecule has 0 aliphatic carbocycles. The van der Waals surface area contributed by atoms with Crippen LogP contribution in [0.4, 0.5) is 0 Å². The highest BCUT2D eigenvalue weighted by Crippen LogP contribution is 2.28. The Morgan fingerprint density at radius 2 is 2.21 bits per heavy atom. The number of carbonyl (C=O) groups excluding carboxylic acids is 1. The molecule has 102 valence electrons. The fourth-order valence-electron chi connectivity index (χ4n) is 2.18. The van der Waals surface area contributed by atoms with Gasteiger partial charge in [0.15, 0.2) is 5.78 Å². The first-order valence-corrected chi connectivity index (χ1v) is 7.00. The largest absolute Gasteiger partial charge is 0.385 e. The second kappa shape index (κ2) is 5.84. The third-order valence-electron chi connectivity index (χ3n) is 3.13. The summed E-state index contributed by atoms with van der Waals surface area (Å²) in [6.07, 6.45) is 0.892. The van der Waals surface area contributed by atoms with E-state index in [1.54, 1.807) is 14.0 Å². The van der Waals surface area contributed by atoms with Gasteiger partial charge in [0.2, 0.25) is 0 Å². The summed E-state index contributed by atoms with van der Waals surface area (Å²) in [7, 11) is 1.69. The van der Waals surface area contributed by atoms with E-state index in [1.165, 1.54) is 0 Å². The van der Waals surface area contributed by atoms with E-state index in [1.807, 2.05) is 23.7 Å². The summed E-state index contributed by atoms with van der Waals surface area (Å²) in [6.45, 7) is 5.06. The summed E-state index contributed by atoms with van der Waals surface area (Å²) < 4.78 is 7.82. The van der Waals surface area contributed by atoms with Gasteiger partial charge in [0, 0.05) is 31.2 Å². The predicted octanol–water partition coefficient (Wildman–Crippen LogP) is 3.35. The van der Waals surface area contributed by atoms with Gasteiger partial charge >= 0.3 is 0 Å². The van der Waals surface area contributed by atoms with Crippen LogP contribution in [0.3, 0.4) is 0 Å². The monoisotopic (exact) mass is 324 g/mol. The maximum atomic E-state index is 11.6. The number of aromatic nitrogens is 2. The van der Waals surface area contributed by atoms with Gasteiger partial charge < -0.3 is 4.74 Å². The van der Waals surface area contributed by atoms with Gasteiger partial charge in [0.1, 0.15) is 4.60 Å². The number of rotatable bonds is 5. The number of ketones is 1. The highest BCUT2D eigenvalue weighted by atomic mass is 79.9. The van der Waals surface area contributed by atoms with Crippen molar-refractivity contribution in [3.05, 3.63) is 27.9 Å². The van der Waals surface area contributed by atoms with Crippen LogP contribution in [0.2, 0.25) is 0 Å². The molecule has 1 heterocycles. The highest BCUT2D eigenvalue weighted by molar-refractivity contribution is 9.10. The number of methoxy groups -OCH3 is 1. The zero-order valence-electron chi connectivity index (χ0n) is 11.4. The normalized spacial score (nSPS) is 11.2. The lowest BCUT2D eigenvalue weighted by Crippen LogP contribution is -2.04. The fraction of sp³-hybridized carbons (Fsp3) is 0.429. The maximum absolute atomic E-state index is 11.6. The summed E-state index contributed by atoms with van der Waals surface area (Å²) >= 11 is 3.49. The van der Waals surface area contributed by atoms with Crippen molar-refractivity contribution in [3.8, 4) is 0 Å². The van der Waals surface area contributed by atoms with E-state index in [9.17, 15) is 4.79 Å². The molecule has 4 nitrogen and oxygen atoms in total. The molecule has 19 heavy (non-hydrogen) atoms. The third-order valence-corrected chi connectivity index (χ3v) is 3.69. The molecule has 1 aromatic carbocycles. The maximum Gasteiger partial charge on any atom is 0.159 e. The van der Waals surface area contributed by atoms with Crippen LogP contribution in [0.1, 0.15) is 29.3 Å². The molecule has 0 amide bonds. The standard InChI is InChI=1S/C14H17BrN2O2/c1-9-7-11(10(2)18)8-12-13(9)14(15)16-17(12)5-4-6-19-3/h7-8H,4-6H2,1-3H3. The molecule has 0 atom stereocenters. The average molecular weight is 325 g/mol. The summed E-state index contributed by atoms with van der Waals surface area (Å²) in [6, 6.07) is 3.83. The Morgan fingerprint density at radius 1 is 1.47 bits per heavy atom. The lowest BCUT2D eigenvalue weighted by molar-refractivity contribution is 0.101. The molecule has 0 fully saturated rings. The number of aryl methyl sites for hydroxylation is 2. The van der Waals surface area contributed by atoms with Crippen LogP contribution in [0.5, 0.6) is 0 Å². The molecule has 0 aliphatic heterocycles. The molecule has 2 aromatic rings. The molecule has 0 unspecified atom stereocenters. The molecule has 0 N–H and O–H groups in total. The van der Waals surface area contributed by atoms with Crippen molar-refractivity contribution in [2.24, 2.45) is 0 Å². The van der Waals surface area contributed by atoms with Gasteiger partial charge in [-0.15, -0.1) is 0 Å². The van der Waals surface area contributed by atoms with E-state index in [-0.39, 0.29) is 5.78 Å². The van der Waals surface area contributed by atoms with Crippen LogP contribution in [0.15, 0.2) is 16.7 Å². The summed E-state index contributed by atoms with van der Waals surface area (Å²) in [5.74, 6) is 0.0748. The molecule has 2 rings (SSSR count). The van der Waals surface area contributed by atoms with Gasteiger partial charge in [-0.1, -0.05) is 0 Å². The van der Waals surface area contributed by atoms with Crippen LogP contribution < -0.4 is 0 Å². The van der Waals surface area contributed by atoms with Crippen LogP contribution in [0, 0.1) is 6.92 Å². The van der Waals surface area contributed by atoms with Crippen molar-refractivity contribution < 1.29 is 9.53 Å². The van der Waals surface area contributed by atoms with E-state index in [2.05, 4.69) is 21.0 Å². The summed E-state index contributed by atoms with van der Waals surface area (Å²) in [4.78, 5) is 11.6. The Bertz CT molecular complexity index is 619. The van der Waals surface area contributed by atoms with Gasteiger partial charge in [-0.3, -0.25) is 9.48 Å². The number of hydrogen-bond donors (Lipinski definition) is 0. The lowest BCUT2D eigenvalue weighted by Gasteiger charge is -2.05. The van der Waals surface area contributed by atoms with Crippen molar-refractivity contribution in [2.45, 2.75) is 26.8 Å². The quantitative estimate of drug-likeness (QED) is 0.625. The smallest absolute Gasteiger partial charge is 0.159 e. The number of Topliss-reactive ketones (excluding diaryl/α,β-unsaturated/α-hetero) is 1. The summed E-state index contributed by atoms with van der Waals surface area (Å²) in [5, 5.41) is 5.56. The second-order valence-corrected chi connectivity index (χ2v) is 5.35. The van der Waals surface area contributed by atoms with Gasteiger partial charge in [0.25, 0.3) is 0 Å². The first-order chi connectivity index (χ1) is 9.04. The second-order valence-electron chi connectivity index (χ2n) is 4.60. The van der Waals surface area contributed by atoms with Gasteiger partial charge in [-0.05, 0) is 53.9 Å². The van der Waals surface area contributed by atoms with Crippen molar-refractivity contribution in [1.29, 1.82) is 0 Å². The molecule has 0 saturated carbocycles. The van der Waals surface area contributed by atoms with Crippen molar-refractivity contribution in [2.75, 3.05) is 13.7 Å². The van der Waals surface area contributed by atoms with Crippen LogP contribution in [-0.2, 0) is 11.3 Å². The number of ether oxygens (including phenoxy) is 1. The molecule has 0 bridgehead atoms. The third kappa shape index (κ3) is 2.87. The van der Waals surface area contributed by atoms with Crippen molar-refractivity contribution in [3.63, 3.8) is 0 Å². The first kappa shape index (κ1) is 14.2. The van der Waals surface area contributed by atoms with Crippen LogP contribution in [0.25, 0.3) is 10.9 Å². The minimum Gasteiger partial charge on any atom is -0.385 e. The lowest BCUT2D eigenvalue weighted by atomic mass is 10.0.